The fourth-order valence-electron chi connectivity index (χ4n) is 6.16. The van der Waals surface area contributed by atoms with Crippen molar-refractivity contribution in [2.45, 2.75) is 39.3 Å². The first-order valence-corrected chi connectivity index (χ1v) is 12.3. The van der Waals surface area contributed by atoms with Crippen LogP contribution in [0.3, 0.4) is 0 Å². The lowest BCUT2D eigenvalue weighted by atomic mass is 9.73. The van der Waals surface area contributed by atoms with Crippen molar-refractivity contribution in [3.8, 4) is 5.69 Å². The lowest BCUT2D eigenvalue weighted by Gasteiger charge is -2.34. The van der Waals surface area contributed by atoms with E-state index in [1.54, 1.807) is 69.8 Å². The van der Waals surface area contributed by atoms with Crippen molar-refractivity contribution in [1.29, 1.82) is 0 Å². The van der Waals surface area contributed by atoms with Crippen molar-refractivity contribution >= 4 is 23.5 Å². The van der Waals surface area contributed by atoms with Crippen LogP contribution in [0.15, 0.2) is 59.4 Å². The Morgan fingerprint density at radius 1 is 0.973 bits per heavy atom. The van der Waals surface area contributed by atoms with Crippen LogP contribution >= 0.6 is 0 Å². The highest BCUT2D eigenvalue weighted by Gasteiger charge is 2.70. The van der Waals surface area contributed by atoms with Gasteiger partial charge in [-0.3, -0.25) is 29.2 Å². The summed E-state index contributed by atoms with van der Waals surface area (Å²) in [5.41, 5.74) is 0.583. The third-order valence-electron chi connectivity index (χ3n) is 8.13. The number of rotatable bonds is 5. The molecule has 0 spiro atoms. The number of carbonyl (C=O) groups excluding carboxylic acids is 2. The summed E-state index contributed by atoms with van der Waals surface area (Å²) in [7, 11) is 1.74. The van der Waals surface area contributed by atoms with Crippen LogP contribution in [-0.2, 0) is 21.4 Å². The molecule has 0 bridgehead atoms. The second-order valence-electron chi connectivity index (χ2n) is 10.2. The number of benzene rings is 2. The van der Waals surface area contributed by atoms with Crippen molar-refractivity contribution < 1.29 is 19.5 Å². The SMILES string of the molecule is Cc1ccccc1N1C(=O)C2C(c3c(C)n(C)n(-c4ccccc4)c3=O)NC(C(=O)O)(C(C)C)C2C1=O. The zero-order chi connectivity index (χ0) is 26.8. The number of carbonyl (C=O) groups is 3. The Hall–Kier alpha value is -3.98. The molecule has 2 N–H and O–H groups in total. The van der Waals surface area contributed by atoms with E-state index in [0.29, 0.717) is 17.1 Å². The fourth-order valence-corrected chi connectivity index (χ4v) is 6.16. The van der Waals surface area contributed by atoms with Gasteiger partial charge in [0.1, 0.15) is 5.54 Å². The number of fused-ring (bicyclic) bond motifs is 1. The number of anilines is 1. The Morgan fingerprint density at radius 2 is 1.59 bits per heavy atom. The topological polar surface area (TPSA) is 114 Å². The van der Waals surface area contributed by atoms with Gasteiger partial charge in [0.15, 0.2) is 0 Å². The van der Waals surface area contributed by atoms with E-state index < -0.39 is 47.1 Å². The van der Waals surface area contributed by atoms with Crippen LogP contribution in [0.4, 0.5) is 5.69 Å². The standard InChI is InChI=1S/C28H30N4O5/c1-15(2)28(27(36)37)22-21(24(33)31(26(22)35)19-14-10-9-11-16(19)3)23(29-28)20-17(4)30(5)32(25(20)34)18-12-7-6-8-13-18/h6-15,21-23,29H,1-5H3,(H,36,37). The van der Waals surface area contributed by atoms with Crippen LogP contribution in [0.1, 0.15) is 36.7 Å². The molecule has 3 aromatic rings. The van der Waals surface area contributed by atoms with Crippen LogP contribution in [0.5, 0.6) is 0 Å². The molecule has 1 aromatic heterocycles. The molecule has 4 atom stereocenters. The summed E-state index contributed by atoms with van der Waals surface area (Å²) in [6, 6.07) is 15.2. The van der Waals surface area contributed by atoms with E-state index in [0.717, 1.165) is 10.5 Å². The number of hydrogen-bond donors (Lipinski definition) is 2. The molecular weight excluding hydrogens is 472 g/mol. The Balaban J connectivity index is 1.74. The molecule has 3 heterocycles. The largest absolute Gasteiger partial charge is 0.480 e. The highest BCUT2D eigenvalue weighted by molar-refractivity contribution is 6.24. The van der Waals surface area contributed by atoms with Gasteiger partial charge in [0.05, 0.1) is 34.8 Å². The highest BCUT2D eigenvalue weighted by Crippen LogP contribution is 2.52. The number of para-hydroxylation sites is 2. The second kappa shape index (κ2) is 8.55. The first-order chi connectivity index (χ1) is 17.5. The van der Waals surface area contributed by atoms with E-state index in [1.807, 2.05) is 24.3 Å². The number of amides is 2. The Bertz CT molecular complexity index is 1490. The minimum Gasteiger partial charge on any atom is -0.480 e. The van der Waals surface area contributed by atoms with Crippen molar-refractivity contribution in [3.63, 3.8) is 0 Å². The number of hydrogen-bond acceptors (Lipinski definition) is 5. The zero-order valence-corrected chi connectivity index (χ0v) is 21.4. The van der Waals surface area contributed by atoms with Gasteiger partial charge in [-0.25, -0.2) is 9.58 Å². The summed E-state index contributed by atoms with van der Waals surface area (Å²) in [6.45, 7) is 7.00. The monoisotopic (exact) mass is 502 g/mol. The van der Waals surface area contributed by atoms with Crippen LogP contribution in [-0.4, -0.2) is 37.8 Å². The summed E-state index contributed by atoms with van der Waals surface area (Å²) < 4.78 is 3.19. The van der Waals surface area contributed by atoms with E-state index >= 15 is 0 Å². The van der Waals surface area contributed by atoms with Gasteiger partial charge in [0.25, 0.3) is 5.56 Å². The first-order valence-electron chi connectivity index (χ1n) is 12.3. The third-order valence-corrected chi connectivity index (χ3v) is 8.13. The molecule has 2 aliphatic rings. The molecule has 5 rings (SSSR count). The molecule has 192 valence electrons. The predicted octanol–water partition coefficient (Wildman–Crippen LogP) is 2.72. The van der Waals surface area contributed by atoms with Crippen molar-refractivity contribution in [2.24, 2.45) is 24.8 Å². The minimum absolute atomic E-state index is 0.290. The molecule has 9 heteroatoms. The number of imide groups is 1. The lowest BCUT2D eigenvalue weighted by molar-refractivity contribution is -0.151. The summed E-state index contributed by atoms with van der Waals surface area (Å²) in [5, 5.41) is 13.7. The Morgan fingerprint density at radius 3 is 2.19 bits per heavy atom. The zero-order valence-electron chi connectivity index (χ0n) is 21.4. The third kappa shape index (κ3) is 3.26. The molecule has 2 amide bonds. The lowest BCUT2D eigenvalue weighted by Crippen LogP contribution is -2.59. The molecule has 2 aliphatic heterocycles. The number of carboxylic acid groups (broad SMARTS) is 1. The number of aliphatic carboxylic acids is 1. The van der Waals surface area contributed by atoms with E-state index in [1.165, 1.54) is 4.68 Å². The average Bonchev–Trinajstić information content (AvgIpc) is 3.42. The van der Waals surface area contributed by atoms with Gasteiger partial charge in [-0.1, -0.05) is 50.2 Å². The van der Waals surface area contributed by atoms with Crippen molar-refractivity contribution in [2.75, 3.05) is 4.90 Å². The van der Waals surface area contributed by atoms with Crippen molar-refractivity contribution in [1.82, 2.24) is 14.7 Å². The van der Waals surface area contributed by atoms with Gasteiger partial charge < -0.3 is 5.11 Å². The smallest absolute Gasteiger partial charge is 0.325 e. The fraction of sp³-hybridized carbons (Fsp3) is 0.357. The maximum absolute atomic E-state index is 14.0. The molecule has 2 saturated heterocycles. The predicted molar refractivity (Wildman–Crippen MR) is 137 cm³/mol. The summed E-state index contributed by atoms with van der Waals surface area (Å²) in [5.74, 6) is -5.05. The summed E-state index contributed by atoms with van der Waals surface area (Å²) in [4.78, 5) is 55.8. The van der Waals surface area contributed by atoms with Crippen LogP contribution < -0.4 is 15.8 Å². The van der Waals surface area contributed by atoms with Crippen LogP contribution in [0, 0.1) is 31.6 Å². The minimum atomic E-state index is -1.73. The first kappa shape index (κ1) is 24.7. The molecule has 0 saturated carbocycles. The number of nitrogens with zero attached hydrogens (tertiary/aromatic N) is 3. The Labute approximate surface area is 214 Å². The molecule has 9 nitrogen and oxygen atoms in total. The average molecular weight is 503 g/mol. The number of aryl methyl sites for hydroxylation is 1. The summed E-state index contributed by atoms with van der Waals surface area (Å²) in [6.07, 6.45) is 0. The number of carboxylic acids is 1. The maximum Gasteiger partial charge on any atom is 0.325 e. The molecule has 0 radical (unpaired) electrons. The van der Waals surface area contributed by atoms with Gasteiger partial charge in [-0.2, -0.15) is 0 Å². The van der Waals surface area contributed by atoms with Gasteiger partial charge in [-0.05, 0) is 43.5 Å². The number of nitrogens with one attached hydrogen (secondary N) is 1. The van der Waals surface area contributed by atoms with Crippen LogP contribution in [0.25, 0.3) is 5.69 Å². The van der Waals surface area contributed by atoms with Crippen molar-refractivity contribution in [3.05, 3.63) is 81.8 Å². The Kier molecular flexibility index (Phi) is 5.71. The van der Waals surface area contributed by atoms with Crippen LogP contribution in [0.2, 0.25) is 0 Å². The van der Waals surface area contributed by atoms with E-state index in [4.69, 9.17) is 0 Å². The molecule has 2 fully saturated rings. The quantitative estimate of drug-likeness (QED) is 0.519. The molecular formula is C28H30N4O5. The van der Waals surface area contributed by atoms with E-state index in [9.17, 15) is 24.3 Å². The number of aromatic nitrogens is 2. The second-order valence-corrected chi connectivity index (χ2v) is 10.2. The van der Waals surface area contributed by atoms with E-state index in [-0.39, 0.29) is 11.1 Å². The molecule has 2 aromatic carbocycles. The van der Waals surface area contributed by atoms with Gasteiger partial charge in [-0.15, -0.1) is 0 Å². The molecule has 37 heavy (non-hydrogen) atoms. The molecule has 0 aliphatic carbocycles. The normalized spacial score (nSPS) is 25.2. The maximum atomic E-state index is 14.0. The van der Waals surface area contributed by atoms with Gasteiger partial charge in [0, 0.05) is 12.7 Å². The summed E-state index contributed by atoms with van der Waals surface area (Å²) >= 11 is 0. The molecule has 4 unspecified atom stereocenters. The van der Waals surface area contributed by atoms with E-state index in [2.05, 4.69) is 5.32 Å². The van der Waals surface area contributed by atoms with Gasteiger partial charge in [0.2, 0.25) is 11.8 Å². The van der Waals surface area contributed by atoms with Gasteiger partial charge >= 0.3 is 5.97 Å². The highest BCUT2D eigenvalue weighted by atomic mass is 16.4.